The summed E-state index contributed by atoms with van der Waals surface area (Å²) in [7, 11) is 0. The lowest BCUT2D eigenvalue weighted by Crippen LogP contribution is -2.38. The van der Waals surface area contributed by atoms with Gasteiger partial charge in [-0.3, -0.25) is 9.36 Å². The monoisotopic (exact) mass is 392 g/mol. The Labute approximate surface area is 166 Å². The maximum Gasteiger partial charge on any atom is 0.336 e. The van der Waals surface area contributed by atoms with Gasteiger partial charge in [0.2, 0.25) is 0 Å². The molecule has 0 saturated carbocycles. The molecule has 0 bridgehead atoms. The first-order valence-electron chi connectivity index (χ1n) is 9.11. The normalized spacial score (nSPS) is 11.1. The molecule has 5 nitrogen and oxygen atoms in total. The van der Waals surface area contributed by atoms with E-state index in [2.05, 4.69) is 0 Å². The number of thiophene rings is 1. The van der Waals surface area contributed by atoms with Crippen molar-refractivity contribution in [1.29, 1.82) is 0 Å². The van der Waals surface area contributed by atoms with Crippen molar-refractivity contribution in [2.24, 2.45) is 0 Å². The van der Waals surface area contributed by atoms with E-state index in [1.165, 1.54) is 15.9 Å². The van der Waals surface area contributed by atoms with Crippen LogP contribution in [0.4, 0.5) is 0 Å². The van der Waals surface area contributed by atoms with E-state index in [9.17, 15) is 9.59 Å². The fourth-order valence-corrected chi connectivity index (χ4v) is 4.11. The summed E-state index contributed by atoms with van der Waals surface area (Å²) in [5.74, 6) is 0.705. The minimum atomic E-state index is -0.344. The predicted molar refractivity (Wildman–Crippen MR) is 113 cm³/mol. The van der Waals surface area contributed by atoms with Crippen molar-refractivity contribution in [3.8, 4) is 11.4 Å². The van der Waals surface area contributed by atoms with Gasteiger partial charge >= 0.3 is 5.69 Å². The van der Waals surface area contributed by atoms with Crippen molar-refractivity contribution in [3.63, 3.8) is 0 Å². The lowest BCUT2D eigenvalue weighted by atomic mass is 10.1. The Bertz CT molecular complexity index is 1250. The van der Waals surface area contributed by atoms with Gasteiger partial charge in [-0.05, 0) is 60.7 Å². The SMILES string of the molecule is CCOc1ccc(-n2c(=O)c3sccc3n(Cc3ccccc3C)c2=O)cc1. The fourth-order valence-electron chi connectivity index (χ4n) is 3.28. The van der Waals surface area contributed by atoms with E-state index in [1.807, 2.05) is 49.6 Å². The lowest BCUT2D eigenvalue weighted by Gasteiger charge is -2.14. The topological polar surface area (TPSA) is 53.2 Å². The second kappa shape index (κ2) is 7.48. The van der Waals surface area contributed by atoms with Crippen LogP contribution in [-0.2, 0) is 6.54 Å². The van der Waals surface area contributed by atoms with Crippen molar-refractivity contribution in [2.75, 3.05) is 6.61 Å². The Morgan fingerprint density at radius 1 is 1.00 bits per heavy atom. The number of benzene rings is 2. The highest BCUT2D eigenvalue weighted by molar-refractivity contribution is 7.17. The van der Waals surface area contributed by atoms with Crippen molar-refractivity contribution in [2.45, 2.75) is 20.4 Å². The molecule has 4 rings (SSSR count). The summed E-state index contributed by atoms with van der Waals surface area (Å²) < 4.78 is 8.95. The van der Waals surface area contributed by atoms with E-state index in [4.69, 9.17) is 4.74 Å². The van der Waals surface area contributed by atoms with Crippen molar-refractivity contribution >= 4 is 21.6 Å². The van der Waals surface area contributed by atoms with Gasteiger partial charge in [-0.15, -0.1) is 11.3 Å². The van der Waals surface area contributed by atoms with Crippen LogP contribution in [0.2, 0.25) is 0 Å². The molecule has 0 aliphatic heterocycles. The molecule has 0 aliphatic carbocycles. The molecule has 0 spiro atoms. The van der Waals surface area contributed by atoms with Crippen LogP contribution in [0.15, 0.2) is 69.6 Å². The van der Waals surface area contributed by atoms with Crippen LogP contribution in [0, 0.1) is 6.92 Å². The number of aromatic nitrogens is 2. The summed E-state index contributed by atoms with van der Waals surface area (Å²) in [4.78, 5) is 26.3. The largest absolute Gasteiger partial charge is 0.494 e. The molecule has 6 heteroatoms. The molecule has 0 fully saturated rings. The molecular formula is C22H20N2O3S. The molecule has 0 radical (unpaired) electrons. The average molecular weight is 392 g/mol. The molecule has 2 aromatic carbocycles. The van der Waals surface area contributed by atoms with Gasteiger partial charge in [0.25, 0.3) is 5.56 Å². The molecule has 0 N–H and O–H groups in total. The molecule has 0 unspecified atom stereocenters. The summed E-state index contributed by atoms with van der Waals surface area (Å²) in [6.07, 6.45) is 0. The standard InChI is InChI=1S/C22H20N2O3S/c1-3-27-18-10-8-17(9-11-18)24-21(25)20-19(12-13-28-20)23(22(24)26)14-16-7-5-4-6-15(16)2/h4-13H,3,14H2,1-2H3. The molecule has 28 heavy (non-hydrogen) atoms. The first kappa shape index (κ1) is 18.3. The van der Waals surface area contributed by atoms with Crippen LogP contribution in [0.3, 0.4) is 0 Å². The molecule has 0 saturated heterocycles. The number of aryl methyl sites for hydroxylation is 1. The van der Waals surface area contributed by atoms with E-state index >= 15 is 0 Å². The molecule has 2 aromatic heterocycles. The van der Waals surface area contributed by atoms with Crippen LogP contribution in [-0.4, -0.2) is 15.7 Å². The van der Waals surface area contributed by atoms with Gasteiger partial charge in [-0.25, -0.2) is 9.36 Å². The van der Waals surface area contributed by atoms with Crippen LogP contribution < -0.4 is 16.0 Å². The Balaban J connectivity index is 1.92. The van der Waals surface area contributed by atoms with E-state index in [1.54, 1.807) is 28.8 Å². The number of hydrogen-bond donors (Lipinski definition) is 0. The zero-order chi connectivity index (χ0) is 19.7. The molecule has 0 amide bonds. The maximum atomic E-state index is 13.3. The third kappa shape index (κ3) is 3.16. The first-order chi connectivity index (χ1) is 13.6. The molecular weight excluding hydrogens is 372 g/mol. The number of rotatable bonds is 5. The number of ether oxygens (including phenoxy) is 1. The summed E-state index contributed by atoms with van der Waals surface area (Å²) >= 11 is 1.35. The second-order valence-electron chi connectivity index (χ2n) is 6.50. The molecule has 4 aromatic rings. The molecule has 0 aliphatic rings. The van der Waals surface area contributed by atoms with Crippen LogP contribution in [0.1, 0.15) is 18.1 Å². The summed E-state index contributed by atoms with van der Waals surface area (Å²) in [5, 5.41) is 1.85. The highest BCUT2D eigenvalue weighted by atomic mass is 32.1. The third-order valence-electron chi connectivity index (χ3n) is 4.75. The quantitative estimate of drug-likeness (QED) is 0.516. The lowest BCUT2D eigenvalue weighted by molar-refractivity contribution is 0.340. The maximum absolute atomic E-state index is 13.3. The minimum Gasteiger partial charge on any atom is -0.494 e. The van der Waals surface area contributed by atoms with Crippen LogP contribution in [0.5, 0.6) is 5.75 Å². The predicted octanol–water partition coefficient (Wildman–Crippen LogP) is 3.97. The van der Waals surface area contributed by atoms with Crippen molar-refractivity contribution < 1.29 is 4.74 Å². The number of fused-ring (bicyclic) bond motifs is 1. The van der Waals surface area contributed by atoms with Crippen LogP contribution >= 0.6 is 11.3 Å². The first-order valence-corrected chi connectivity index (χ1v) is 9.99. The summed E-state index contributed by atoms with van der Waals surface area (Å²) in [6, 6.07) is 16.8. The van der Waals surface area contributed by atoms with E-state index in [0.29, 0.717) is 34.8 Å². The minimum absolute atomic E-state index is 0.291. The molecule has 2 heterocycles. The van der Waals surface area contributed by atoms with Crippen molar-refractivity contribution in [3.05, 3.63) is 91.9 Å². The Kier molecular flexibility index (Phi) is 4.88. The molecule has 142 valence electrons. The van der Waals surface area contributed by atoms with Gasteiger partial charge in [-0.2, -0.15) is 0 Å². The Hall–Kier alpha value is -3.12. The summed E-state index contributed by atoms with van der Waals surface area (Å²) in [6.45, 7) is 4.90. The van der Waals surface area contributed by atoms with Gasteiger partial charge in [-0.1, -0.05) is 24.3 Å². The van der Waals surface area contributed by atoms with Crippen molar-refractivity contribution in [1.82, 2.24) is 9.13 Å². The van der Waals surface area contributed by atoms with E-state index in [0.717, 1.165) is 11.1 Å². The second-order valence-corrected chi connectivity index (χ2v) is 7.41. The Morgan fingerprint density at radius 2 is 1.75 bits per heavy atom. The third-order valence-corrected chi connectivity index (χ3v) is 5.64. The van der Waals surface area contributed by atoms with Gasteiger partial charge in [0.15, 0.2) is 0 Å². The average Bonchev–Trinajstić information content (AvgIpc) is 3.18. The van der Waals surface area contributed by atoms with Gasteiger partial charge in [0, 0.05) is 0 Å². The smallest absolute Gasteiger partial charge is 0.336 e. The zero-order valence-corrected chi connectivity index (χ0v) is 16.5. The van der Waals surface area contributed by atoms with Gasteiger partial charge in [0.1, 0.15) is 10.4 Å². The summed E-state index contributed by atoms with van der Waals surface area (Å²) in [5.41, 5.74) is 2.73. The highest BCUT2D eigenvalue weighted by Gasteiger charge is 2.16. The highest BCUT2D eigenvalue weighted by Crippen LogP contribution is 2.19. The zero-order valence-electron chi connectivity index (χ0n) is 15.7. The van der Waals surface area contributed by atoms with Crippen LogP contribution in [0.25, 0.3) is 15.9 Å². The van der Waals surface area contributed by atoms with E-state index < -0.39 is 0 Å². The van der Waals surface area contributed by atoms with Gasteiger partial charge < -0.3 is 4.74 Å². The van der Waals surface area contributed by atoms with E-state index in [-0.39, 0.29) is 11.2 Å². The van der Waals surface area contributed by atoms with Gasteiger partial charge in [0.05, 0.1) is 24.4 Å². The number of nitrogens with zero attached hydrogens (tertiary/aromatic N) is 2. The Morgan fingerprint density at radius 3 is 2.46 bits per heavy atom. The molecule has 0 atom stereocenters. The number of hydrogen-bond acceptors (Lipinski definition) is 4. The fraction of sp³-hybridized carbons (Fsp3) is 0.182.